The van der Waals surface area contributed by atoms with E-state index in [0.717, 1.165) is 16.9 Å². The maximum absolute atomic E-state index is 6.21. The van der Waals surface area contributed by atoms with Crippen molar-refractivity contribution in [2.24, 2.45) is 0 Å². The molecule has 2 aromatic carbocycles. The largest absolute Gasteiger partial charge is 0.340 e. The van der Waals surface area contributed by atoms with Crippen LogP contribution in [0.5, 0.6) is 0 Å². The van der Waals surface area contributed by atoms with Crippen molar-refractivity contribution in [2.75, 3.05) is 5.32 Å². The first-order valence-corrected chi connectivity index (χ1v) is 8.87. The van der Waals surface area contributed by atoms with Gasteiger partial charge >= 0.3 is 0 Å². The maximum Gasteiger partial charge on any atom is 0.248 e. The molecule has 7 heteroatoms. The molecular weight excluding hydrogens is 360 g/mol. The summed E-state index contributed by atoms with van der Waals surface area (Å²) in [7, 11) is 0. The molecule has 6 nitrogen and oxygen atoms in total. The molecule has 2 heterocycles. The SMILES string of the molecule is Cc1ccc(-n2nnnc2NC(c2cccc(Cl)c2)c2ccccn2)cc1. The summed E-state index contributed by atoms with van der Waals surface area (Å²) >= 11 is 6.21. The third-order valence-electron chi connectivity index (χ3n) is 4.19. The van der Waals surface area contributed by atoms with Crippen molar-refractivity contribution < 1.29 is 0 Å². The smallest absolute Gasteiger partial charge is 0.248 e. The highest BCUT2D eigenvalue weighted by Gasteiger charge is 2.19. The zero-order valence-electron chi connectivity index (χ0n) is 14.6. The summed E-state index contributed by atoms with van der Waals surface area (Å²) in [5.41, 5.74) is 3.86. The third-order valence-corrected chi connectivity index (χ3v) is 4.42. The normalized spacial score (nSPS) is 11.9. The molecule has 1 atom stereocenters. The molecule has 0 aliphatic heterocycles. The van der Waals surface area contributed by atoms with Gasteiger partial charge in [0.15, 0.2) is 0 Å². The van der Waals surface area contributed by atoms with Crippen molar-refractivity contribution in [3.8, 4) is 5.69 Å². The first-order chi connectivity index (χ1) is 13.2. The summed E-state index contributed by atoms with van der Waals surface area (Å²) in [6.45, 7) is 2.04. The molecule has 0 radical (unpaired) electrons. The lowest BCUT2D eigenvalue weighted by molar-refractivity contribution is 0.782. The van der Waals surface area contributed by atoms with Gasteiger partial charge in [-0.3, -0.25) is 4.98 Å². The van der Waals surface area contributed by atoms with Crippen LogP contribution in [-0.2, 0) is 0 Å². The Morgan fingerprint density at radius 3 is 2.59 bits per heavy atom. The van der Waals surface area contributed by atoms with Crippen LogP contribution in [0.25, 0.3) is 5.69 Å². The average molecular weight is 377 g/mol. The number of aromatic nitrogens is 5. The molecular formula is C20H17ClN6. The molecule has 4 rings (SSSR count). The molecule has 0 amide bonds. The van der Waals surface area contributed by atoms with Gasteiger partial charge in [-0.05, 0) is 59.3 Å². The van der Waals surface area contributed by atoms with E-state index in [4.69, 9.17) is 11.6 Å². The van der Waals surface area contributed by atoms with E-state index in [1.165, 1.54) is 5.56 Å². The van der Waals surface area contributed by atoms with Gasteiger partial charge in [0.2, 0.25) is 5.95 Å². The summed E-state index contributed by atoms with van der Waals surface area (Å²) in [5, 5.41) is 16.2. The average Bonchev–Trinajstić information content (AvgIpc) is 3.16. The molecule has 0 saturated heterocycles. The number of aryl methyl sites for hydroxylation is 1. The fourth-order valence-corrected chi connectivity index (χ4v) is 3.03. The van der Waals surface area contributed by atoms with Crippen molar-refractivity contribution in [3.05, 3.63) is 94.8 Å². The summed E-state index contributed by atoms with van der Waals surface area (Å²) in [5.74, 6) is 0.523. The molecule has 0 spiro atoms. The summed E-state index contributed by atoms with van der Waals surface area (Å²) in [6, 6.07) is 21.2. The number of anilines is 1. The molecule has 0 aliphatic rings. The maximum atomic E-state index is 6.21. The van der Waals surface area contributed by atoms with Gasteiger partial charge in [-0.2, -0.15) is 4.68 Å². The number of benzene rings is 2. The first kappa shape index (κ1) is 17.2. The molecule has 2 aromatic heterocycles. The molecule has 0 aliphatic carbocycles. The Bertz CT molecular complexity index is 1030. The fraction of sp³-hybridized carbons (Fsp3) is 0.100. The molecule has 27 heavy (non-hydrogen) atoms. The highest BCUT2D eigenvalue weighted by atomic mass is 35.5. The number of hydrogen-bond acceptors (Lipinski definition) is 5. The fourth-order valence-electron chi connectivity index (χ4n) is 2.83. The topological polar surface area (TPSA) is 68.5 Å². The number of nitrogens with zero attached hydrogens (tertiary/aromatic N) is 5. The van der Waals surface area contributed by atoms with Gasteiger partial charge in [0, 0.05) is 11.2 Å². The van der Waals surface area contributed by atoms with Crippen LogP contribution in [0.4, 0.5) is 5.95 Å². The molecule has 0 saturated carbocycles. The van der Waals surface area contributed by atoms with Gasteiger partial charge in [0.1, 0.15) is 0 Å². The minimum Gasteiger partial charge on any atom is -0.340 e. The number of tetrazole rings is 1. The molecule has 1 unspecified atom stereocenters. The zero-order valence-corrected chi connectivity index (χ0v) is 15.4. The number of hydrogen-bond donors (Lipinski definition) is 1. The van der Waals surface area contributed by atoms with Crippen molar-refractivity contribution in [3.63, 3.8) is 0 Å². The lowest BCUT2D eigenvalue weighted by atomic mass is 10.0. The quantitative estimate of drug-likeness (QED) is 0.564. The lowest BCUT2D eigenvalue weighted by Gasteiger charge is -2.19. The van der Waals surface area contributed by atoms with Crippen LogP contribution in [0.3, 0.4) is 0 Å². The summed E-state index contributed by atoms with van der Waals surface area (Å²) in [6.07, 6.45) is 1.76. The Balaban J connectivity index is 1.73. The van der Waals surface area contributed by atoms with E-state index in [0.29, 0.717) is 11.0 Å². The van der Waals surface area contributed by atoms with Crippen LogP contribution in [0, 0.1) is 6.92 Å². The number of pyridine rings is 1. The van der Waals surface area contributed by atoms with E-state index in [1.54, 1.807) is 10.9 Å². The van der Waals surface area contributed by atoms with E-state index < -0.39 is 0 Å². The van der Waals surface area contributed by atoms with Crippen molar-refractivity contribution in [1.29, 1.82) is 0 Å². The number of halogens is 1. The van der Waals surface area contributed by atoms with E-state index >= 15 is 0 Å². The van der Waals surface area contributed by atoms with Gasteiger partial charge in [-0.15, -0.1) is 0 Å². The summed E-state index contributed by atoms with van der Waals surface area (Å²) in [4.78, 5) is 4.50. The standard InChI is InChI=1S/C20H17ClN6/c1-14-8-10-17(11-9-14)27-20(24-25-26-27)23-19(18-7-2-3-12-22-18)15-5-4-6-16(21)13-15/h2-13,19H,1H3,(H,23,24,26). The minimum atomic E-state index is -0.250. The lowest BCUT2D eigenvalue weighted by Crippen LogP contribution is -2.17. The van der Waals surface area contributed by atoms with Crippen LogP contribution >= 0.6 is 11.6 Å². The van der Waals surface area contributed by atoms with Crippen molar-refractivity contribution in [2.45, 2.75) is 13.0 Å². The number of nitrogens with one attached hydrogen (secondary N) is 1. The minimum absolute atomic E-state index is 0.250. The monoisotopic (exact) mass is 376 g/mol. The second-order valence-electron chi connectivity index (χ2n) is 6.14. The summed E-state index contributed by atoms with van der Waals surface area (Å²) < 4.78 is 1.67. The van der Waals surface area contributed by atoms with E-state index in [-0.39, 0.29) is 6.04 Å². The number of rotatable bonds is 5. The molecule has 0 fully saturated rings. The molecule has 4 aromatic rings. The van der Waals surface area contributed by atoms with Gasteiger partial charge in [-0.25, -0.2) is 0 Å². The predicted molar refractivity (Wildman–Crippen MR) is 105 cm³/mol. The molecule has 0 bridgehead atoms. The van der Waals surface area contributed by atoms with Crippen LogP contribution in [-0.4, -0.2) is 25.2 Å². The van der Waals surface area contributed by atoms with Crippen LogP contribution < -0.4 is 5.32 Å². The second kappa shape index (κ2) is 7.55. The Morgan fingerprint density at radius 2 is 1.85 bits per heavy atom. The highest BCUT2D eigenvalue weighted by Crippen LogP contribution is 2.27. The first-order valence-electron chi connectivity index (χ1n) is 8.49. The van der Waals surface area contributed by atoms with Crippen molar-refractivity contribution in [1.82, 2.24) is 25.2 Å². The van der Waals surface area contributed by atoms with Crippen LogP contribution in [0.15, 0.2) is 72.9 Å². The Kier molecular flexibility index (Phi) is 4.80. The van der Waals surface area contributed by atoms with Crippen LogP contribution in [0.2, 0.25) is 5.02 Å². The predicted octanol–water partition coefficient (Wildman–Crippen LogP) is 4.22. The van der Waals surface area contributed by atoms with Gasteiger partial charge < -0.3 is 5.32 Å². The zero-order chi connectivity index (χ0) is 18.6. The second-order valence-corrected chi connectivity index (χ2v) is 6.57. The van der Waals surface area contributed by atoms with Gasteiger partial charge in [0.05, 0.1) is 17.4 Å². The Morgan fingerprint density at radius 1 is 1.00 bits per heavy atom. The van der Waals surface area contributed by atoms with E-state index in [2.05, 4.69) is 25.8 Å². The molecule has 134 valence electrons. The van der Waals surface area contributed by atoms with E-state index in [9.17, 15) is 0 Å². The van der Waals surface area contributed by atoms with Crippen LogP contribution in [0.1, 0.15) is 22.9 Å². The molecule has 1 N–H and O–H groups in total. The van der Waals surface area contributed by atoms with Crippen molar-refractivity contribution >= 4 is 17.5 Å². The highest BCUT2D eigenvalue weighted by molar-refractivity contribution is 6.30. The Hall–Kier alpha value is -3.25. The third kappa shape index (κ3) is 3.80. The van der Waals surface area contributed by atoms with Gasteiger partial charge in [-0.1, -0.05) is 52.6 Å². The van der Waals surface area contributed by atoms with Gasteiger partial charge in [0.25, 0.3) is 0 Å². The van der Waals surface area contributed by atoms with E-state index in [1.807, 2.05) is 73.7 Å². The Labute approximate surface area is 161 Å².